The zero-order valence-corrected chi connectivity index (χ0v) is 18.2. The number of thiocarbonyl (C=S) groups is 1. The first kappa shape index (κ1) is 20.5. The Hall–Kier alpha value is -2.80. The van der Waals surface area contributed by atoms with Gasteiger partial charge in [0.05, 0.1) is 0 Å². The molecule has 2 aliphatic rings. The predicted molar refractivity (Wildman–Crippen MR) is 121 cm³/mol. The van der Waals surface area contributed by atoms with Gasteiger partial charge in [0.1, 0.15) is 6.61 Å². The van der Waals surface area contributed by atoms with Gasteiger partial charge in [0.15, 0.2) is 16.6 Å². The highest BCUT2D eigenvalue weighted by atomic mass is 32.1. The summed E-state index contributed by atoms with van der Waals surface area (Å²) in [6.07, 6.45) is -0.601. The molecule has 0 saturated carbocycles. The number of nitrogens with one attached hydrogen (secondary N) is 1. The van der Waals surface area contributed by atoms with Crippen LogP contribution in [-0.4, -0.2) is 59.7 Å². The van der Waals surface area contributed by atoms with Crippen LogP contribution in [0.15, 0.2) is 48.5 Å². The minimum Gasteiger partial charge on any atom is -0.485 e. The van der Waals surface area contributed by atoms with E-state index in [4.69, 9.17) is 21.7 Å². The van der Waals surface area contributed by atoms with Crippen molar-refractivity contribution >= 4 is 28.9 Å². The van der Waals surface area contributed by atoms with Gasteiger partial charge < -0.3 is 24.6 Å². The molecule has 2 aromatic rings. The number of carbonyl (C=O) groups excluding carboxylic acids is 1. The number of ether oxygens (including phenoxy) is 2. The molecule has 1 saturated heterocycles. The summed E-state index contributed by atoms with van der Waals surface area (Å²) in [6.45, 7) is 7.18. The Balaban J connectivity index is 1.28. The van der Waals surface area contributed by atoms with Gasteiger partial charge >= 0.3 is 0 Å². The van der Waals surface area contributed by atoms with Crippen LogP contribution < -0.4 is 14.8 Å². The van der Waals surface area contributed by atoms with Gasteiger partial charge in [0.25, 0.3) is 5.91 Å². The van der Waals surface area contributed by atoms with E-state index in [2.05, 4.69) is 48.3 Å². The maximum atomic E-state index is 12.9. The highest BCUT2D eigenvalue weighted by molar-refractivity contribution is 7.80. The summed E-state index contributed by atoms with van der Waals surface area (Å²) in [7, 11) is 0. The largest absolute Gasteiger partial charge is 0.485 e. The van der Waals surface area contributed by atoms with Crippen molar-refractivity contribution in [1.82, 2.24) is 9.80 Å². The second kappa shape index (κ2) is 8.92. The van der Waals surface area contributed by atoms with Crippen LogP contribution in [0.5, 0.6) is 11.5 Å². The summed E-state index contributed by atoms with van der Waals surface area (Å²) < 4.78 is 11.5. The normalized spacial score (nSPS) is 18.3. The van der Waals surface area contributed by atoms with Crippen LogP contribution in [0.25, 0.3) is 0 Å². The fourth-order valence-corrected chi connectivity index (χ4v) is 3.93. The van der Waals surface area contributed by atoms with Crippen LogP contribution >= 0.6 is 12.2 Å². The standard InChI is InChI=1S/C23H27N3O3S/c1-16(2)17-7-9-18(10-8-17)24-23(30)26-13-11-25(12-14-26)22(27)21-15-28-19-5-3-4-6-20(19)29-21/h3-10,16,21H,11-15H2,1-2H3,(H,24,30)/t21-/m1/s1. The van der Waals surface area contributed by atoms with Gasteiger partial charge in [-0.25, -0.2) is 0 Å². The Morgan fingerprint density at radius 1 is 1.00 bits per heavy atom. The van der Waals surface area contributed by atoms with E-state index in [0.29, 0.717) is 48.7 Å². The minimum atomic E-state index is -0.601. The number of para-hydroxylation sites is 2. The van der Waals surface area contributed by atoms with Crippen molar-refractivity contribution in [1.29, 1.82) is 0 Å². The first-order chi connectivity index (χ1) is 14.5. The van der Waals surface area contributed by atoms with Crippen LogP contribution in [0.1, 0.15) is 25.3 Å². The molecule has 7 heteroatoms. The number of fused-ring (bicyclic) bond motifs is 1. The van der Waals surface area contributed by atoms with Crippen LogP contribution in [0, 0.1) is 0 Å². The van der Waals surface area contributed by atoms with Gasteiger partial charge in [0.2, 0.25) is 6.10 Å². The molecule has 1 atom stereocenters. The molecule has 0 aliphatic carbocycles. The molecule has 1 N–H and O–H groups in total. The van der Waals surface area contributed by atoms with E-state index in [0.717, 1.165) is 5.69 Å². The second-order valence-corrected chi connectivity index (χ2v) is 8.27. The molecule has 2 heterocycles. The van der Waals surface area contributed by atoms with Crippen molar-refractivity contribution in [3.63, 3.8) is 0 Å². The number of amides is 1. The number of benzene rings is 2. The highest BCUT2D eigenvalue weighted by Gasteiger charge is 2.33. The lowest BCUT2D eigenvalue weighted by molar-refractivity contribution is -0.142. The molecule has 0 bridgehead atoms. The van der Waals surface area contributed by atoms with E-state index in [1.54, 1.807) is 0 Å². The van der Waals surface area contributed by atoms with Crippen LogP contribution in [0.3, 0.4) is 0 Å². The molecule has 30 heavy (non-hydrogen) atoms. The number of hydrogen-bond acceptors (Lipinski definition) is 4. The Kier molecular flexibility index (Phi) is 6.08. The number of anilines is 1. The van der Waals surface area contributed by atoms with E-state index in [9.17, 15) is 4.79 Å². The van der Waals surface area contributed by atoms with Crippen LogP contribution in [0.2, 0.25) is 0 Å². The molecule has 1 amide bonds. The van der Waals surface area contributed by atoms with Gasteiger partial charge in [-0.1, -0.05) is 38.1 Å². The van der Waals surface area contributed by atoms with Gasteiger partial charge in [-0.15, -0.1) is 0 Å². The Morgan fingerprint density at radius 3 is 2.30 bits per heavy atom. The molecule has 1 fully saturated rings. The van der Waals surface area contributed by atoms with Gasteiger partial charge in [-0.3, -0.25) is 4.79 Å². The Bertz CT molecular complexity index is 908. The van der Waals surface area contributed by atoms with Crippen LogP contribution in [-0.2, 0) is 4.79 Å². The quantitative estimate of drug-likeness (QED) is 0.760. The van der Waals surface area contributed by atoms with Gasteiger partial charge in [0, 0.05) is 31.9 Å². The van der Waals surface area contributed by atoms with Crippen molar-refractivity contribution in [3.8, 4) is 11.5 Å². The summed E-state index contributed by atoms with van der Waals surface area (Å²) in [6, 6.07) is 15.8. The molecule has 0 spiro atoms. The van der Waals surface area contributed by atoms with E-state index >= 15 is 0 Å². The predicted octanol–water partition coefficient (Wildman–Crippen LogP) is 3.49. The second-order valence-electron chi connectivity index (χ2n) is 7.88. The summed E-state index contributed by atoms with van der Waals surface area (Å²) in [5, 5.41) is 3.99. The summed E-state index contributed by atoms with van der Waals surface area (Å²) >= 11 is 5.58. The zero-order chi connectivity index (χ0) is 21.1. The van der Waals surface area contributed by atoms with Crippen molar-refractivity contribution in [2.24, 2.45) is 0 Å². The highest BCUT2D eigenvalue weighted by Crippen LogP contribution is 2.31. The molecule has 0 radical (unpaired) electrons. The first-order valence-electron chi connectivity index (χ1n) is 10.3. The molecule has 0 aromatic heterocycles. The maximum Gasteiger partial charge on any atom is 0.267 e. The average molecular weight is 426 g/mol. The lowest BCUT2D eigenvalue weighted by Gasteiger charge is -2.38. The summed E-state index contributed by atoms with van der Waals surface area (Å²) in [5.74, 6) is 1.77. The third-order valence-corrected chi connectivity index (χ3v) is 5.85. The fraction of sp³-hybridized carbons (Fsp3) is 0.391. The van der Waals surface area contributed by atoms with Crippen molar-refractivity contribution in [2.45, 2.75) is 25.9 Å². The molecular weight excluding hydrogens is 398 g/mol. The van der Waals surface area contributed by atoms with Crippen LogP contribution in [0.4, 0.5) is 5.69 Å². The average Bonchev–Trinajstić information content (AvgIpc) is 2.78. The summed E-state index contributed by atoms with van der Waals surface area (Å²) in [4.78, 5) is 16.8. The zero-order valence-electron chi connectivity index (χ0n) is 17.3. The molecule has 2 aliphatic heterocycles. The number of rotatable bonds is 3. The molecule has 0 unspecified atom stereocenters. The number of carbonyl (C=O) groups is 1. The maximum absolute atomic E-state index is 12.9. The molecule has 6 nitrogen and oxygen atoms in total. The van der Waals surface area contributed by atoms with E-state index in [1.807, 2.05) is 29.2 Å². The molecule has 2 aromatic carbocycles. The van der Waals surface area contributed by atoms with Crippen molar-refractivity contribution in [3.05, 3.63) is 54.1 Å². The molecule has 4 rings (SSSR count). The van der Waals surface area contributed by atoms with Crippen molar-refractivity contribution < 1.29 is 14.3 Å². The third kappa shape index (κ3) is 4.51. The SMILES string of the molecule is CC(C)c1ccc(NC(=S)N2CCN(C(=O)[C@H]3COc4ccccc4O3)CC2)cc1. The number of piperazine rings is 1. The Morgan fingerprint density at radius 2 is 1.63 bits per heavy atom. The van der Waals surface area contributed by atoms with E-state index in [-0.39, 0.29) is 12.5 Å². The minimum absolute atomic E-state index is 0.0349. The summed E-state index contributed by atoms with van der Waals surface area (Å²) in [5.41, 5.74) is 2.28. The van der Waals surface area contributed by atoms with E-state index in [1.165, 1.54) is 5.56 Å². The smallest absolute Gasteiger partial charge is 0.267 e. The van der Waals surface area contributed by atoms with Gasteiger partial charge in [-0.2, -0.15) is 0 Å². The molecular formula is C23H27N3O3S. The monoisotopic (exact) mass is 425 g/mol. The topological polar surface area (TPSA) is 54.0 Å². The lowest BCUT2D eigenvalue weighted by atomic mass is 10.0. The Labute approximate surface area is 182 Å². The number of hydrogen-bond donors (Lipinski definition) is 1. The fourth-order valence-electron chi connectivity index (χ4n) is 3.63. The van der Waals surface area contributed by atoms with E-state index < -0.39 is 6.10 Å². The molecule has 158 valence electrons. The lowest BCUT2D eigenvalue weighted by Crippen LogP contribution is -2.55. The van der Waals surface area contributed by atoms with Gasteiger partial charge in [-0.05, 0) is 48.0 Å². The number of nitrogens with zero attached hydrogens (tertiary/aromatic N) is 2. The van der Waals surface area contributed by atoms with Crippen molar-refractivity contribution in [2.75, 3.05) is 38.1 Å². The first-order valence-corrected chi connectivity index (χ1v) is 10.8. The third-order valence-electron chi connectivity index (χ3n) is 5.49.